The number of aromatic nitrogens is 4. The van der Waals surface area contributed by atoms with E-state index in [0.717, 1.165) is 16.7 Å². The van der Waals surface area contributed by atoms with Crippen molar-refractivity contribution in [3.63, 3.8) is 0 Å². The molecule has 4 aromatic rings. The lowest BCUT2D eigenvalue weighted by Gasteiger charge is -2.29. The van der Waals surface area contributed by atoms with Gasteiger partial charge in [-0.3, -0.25) is 19.7 Å². The van der Waals surface area contributed by atoms with Gasteiger partial charge in [0.1, 0.15) is 0 Å². The molecule has 132 valence electrons. The van der Waals surface area contributed by atoms with Crippen LogP contribution in [0, 0.1) is 0 Å². The van der Waals surface area contributed by atoms with Gasteiger partial charge in [-0.15, -0.1) is 0 Å². The first-order valence-corrected chi connectivity index (χ1v) is 8.71. The molecule has 0 radical (unpaired) electrons. The molecule has 0 aliphatic rings. The summed E-state index contributed by atoms with van der Waals surface area (Å²) in [6.07, 6.45) is 12.5. The smallest absolute Gasteiger partial charge is 0.251 e. The third-order valence-electron chi connectivity index (χ3n) is 4.58. The van der Waals surface area contributed by atoms with Crippen LogP contribution in [0.15, 0.2) is 103 Å². The molecule has 5 heteroatoms. The van der Waals surface area contributed by atoms with Crippen LogP contribution in [0.4, 0.5) is 0 Å². The number of pyridine rings is 4. The minimum absolute atomic E-state index is 0.0656. The van der Waals surface area contributed by atoms with Crippen molar-refractivity contribution >= 4 is 0 Å². The van der Waals surface area contributed by atoms with Crippen molar-refractivity contribution in [3.05, 3.63) is 125 Å². The van der Waals surface area contributed by atoms with Gasteiger partial charge in [0.15, 0.2) is 0 Å². The van der Waals surface area contributed by atoms with Crippen molar-refractivity contribution in [3.8, 4) is 0 Å². The molecule has 1 atom stereocenters. The summed E-state index contributed by atoms with van der Waals surface area (Å²) in [5.41, 5.74) is 2.90. The van der Waals surface area contributed by atoms with Crippen molar-refractivity contribution in [1.29, 1.82) is 0 Å². The lowest BCUT2D eigenvalue weighted by Crippen LogP contribution is -2.29. The Kier molecular flexibility index (Phi) is 4.83. The molecule has 0 N–H and O–H groups in total. The Bertz CT molecular complexity index is 1010. The van der Waals surface area contributed by atoms with Gasteiger partial charge in [0, 0.05) is 55.4 Å². The molecule has 4 heterocycles. The number of nitrogens with zero attached hydrogens (tertiary/aromatic N) is 4. The van der Waals surface area contributed by atoms with E-state index in [1.165, 1.54) is 0 Å². The molecule has 27 heavy (non-hydrogen) atoms. The normalized spacial score (nSPS) is 12.0. The van der Waals surface area contributed by atoms with E-state index in [1.54, 1.807) is 35.3 Å². The van der Waals surface area contributed by atoms with Crippen molar-refractivity contribution in [2.24, 2.45) is 0 Å². The fourth-order valence-electron chi connectivity index (χ4n) is 3.41. The Labute approximate surface area is 157 Å². The van der Waals surface area contributed by atoms with E-state index in [9.17, 15) is 4.79 Å². The highest BCUT2D eigenvalue weighted by molar-refractivity contribution is 5.35. The Morgan fingerprint density at radius 1 is 0.667 bits per heavy atom. The summed E-state index contributed by atoms with van der Waals surface area (Å²) in [4.78, 5) is 25.6. The van der Waals surface area contributed by atoms with E-state index in [0.29, 0.717) is 0 Å². The fourth-order valence-corrected chi connectivity index (χ4v) is 3.41. The van der Waals surface area contributed by atoms with Gasteiger partial charge < -0.3 is 4.57 Å². The standard InChI is InChI=1S/C22H18N4O/c27-20-9-1-2-13-26(20)22(19-8-5-12-25-16-19)21(17-6-3-10-23-14-17)18-7-4-11-24-15-18/h1-16,21-22H. The molecule has 0 saturated heterocycles. The van der Waals surface area contributed by atoms with E-state index in [-0.39, 0.29) is 17.5 Å². The van der Waals surface area contributed by atoms with Gasteiger partial charge in [0.2, 0.25) is 0 Å². The molecule has 0 spiro atoms. The highest BCUT2D eigenvalue weighted by atomic mass is 16.1. The first-order chi connectivity index (χ1) is 13.3. The molecule has 0 aliphatic heterocycles. The third-order valence-corrected chi connectivity index (χ3v) is 4.58. The van der Waals surface area contributed by atoms with E-state index in [4.69, 9.17) is 0 Å². The molecular weight excluding hydrogens is 336 g/mol. The molecule has 0 fully saturated rings. The van der Waals surface area contributed by atoms with Crippen LogP contribution >= 0.6 is 0 Å². The van der Waals surface area contributed by atoms with Crippen molar-refractivity contribution in [2.75, 3.05) is 0 Å². The maximum Gasteiger partial charge on any atom is 0.251 e. The maximum atomic E-state index is 12.7. The molecule has 0 bridgehead atoms. The van der Waals surface area contributed by atoms with Crippen LogP contribution < -0.4 is 5.56 Å². The first-order valence-electron chi connectivity index (χ1n) is 8.71. The van der Waals surface area contributed by atoms with Gasteiger partial charge in [0.25, 0.3) is 5.56 Å². The first kappa shape index (κ1) is 16.8. The topological polar surface area (TPSA) is 60.7 Å². The van der Waals surface area contributed by atoms with Crippen LogP contribution in [-0.4, -0.2) is 19.5 Å². The minimum atomic E-state index is -0.277. The lowest BCUT2D eigenvalue weighted by atomic mass is 9.83. The van der Waals surface area contributed by atoms with Gasteiger partial charge in [-0.1, -0.05) is 24.3 Å². The Morgan fingerprint density at radius 3 is 1.70 bits per heavy atom. The second-order valence-corrected chi connectivity index (χ2v) is 6.23. The minimum Gasteiger partial charge on any atom is -0.307 e. The van der Waals surface area contributed by atoms with Crippen LogP contribution in [0.3, 0.4) is 0 Å². The number of rotatable bonds is 5. The van der Waals surface area contributed by atoms with Crippen molar-refractivity contribution < 1.29 is 0 Å². The van der Waals surface area contributed by atoms with Crippen LogP contribution in [0.25, 0.3) is 0 Å². The van der Waals surface area contributed by atoms with E-state index in [1.807, 2.05) is 67.3 Å². The predicted octanol–water partition coefficient (Wildman–Crippen LogP) is 3.45. The molecular formula is C22H18N4O. The second kappa shape index (κ2) is 7.74. The zero-order valence-electron chi connectivity index (χ0n) is 14.6. The summed E-state index contributed by atoms with van der Waals surface area (Å²) >= 11 is 0. The van der Waals surface area contributed by atoms with Gasteiger partial charge >= 0.3 is 0 Å². The van der Waals surface area contributed by atoms with Crippen molar-refractivity contribution in [2.45, 2.75) is 12.0 Å². The summed E-state index contributed by atoms with van der Waals surface area (Å²) in [5, 5.41) is 0. The quantitative estimate of drug-likeness (QED) is 0.551. The summed E-state index contributed by atoms with van der Waals surface area (Å²) < 4.78 is 1.75. The molecule has 5 nitrogen and oxygen atoms in total. The Morgan fingerprint density at radius 2 is 1.22 bits per heavy atom. The monoisotopic (exact) mass is 354 g/mol. The number of hydrogen-bond donors (Lipinski definition) is 0. The molecule has 1 unspecified atom stereocenters. The fraction of sp³-hybridized carbons (Fsp3) is 0.0909. The highest BCUT2D eigenvalue weighted by Crippen LogP contribution is 2.38. The summed E-state index contributed by atoms with van der Waals surface area (Å²) in [7, 11) is 0. The van der Waals surface area contributed by atoms with Gasteiger partial charge in [-0.05, 0) is 41.0 Å². The van der Waals surface area contributed by atoms with Crippen LogP contribution in [0.5, 0.6) is 0 Å². The number of hydrogen-bond acceptors (Lipinski definition) is 4. The zero-order chi connectivity index (χ0) is 18.5. The molecule has 4 rings (SSSR count). The third kappa shape index (κ3) is 3.53. The average Bonchev–Trinajstić information content (AvgIpc) is 2.74. The highest BCUT2D eigenvalue weighted by Gasteiger charge is 2.29. The molecule has 0 aliphatic carbocycles. The molecule has 0 saturated carbocycles. The zero-order valence-corrected chi connectivity index (χ0v) is 14.6. The Balaban J connectivity index is 1.98. The van der Waals surface area contributed by atoms with Crippen LogP contribution in [-0.2, 0) is 0 Å². The van der Waals surface area contributed by atoms with Gasteiger partial charge in [-0.2, -0.15) is 0 Å². The maximum absolute atomic E-state index is 12.7. The second-order valence-electron chi connectivity index (χ2n) is 6.23. The van der Waals surface area contributed by atoms with E-state index < -0.39 is 0 Å². The lowest BCUT2D eigenvalue weighted by molar-refractivity contribution is 0.504. The van der Waals surface area contributed by atoms with Gasteiger partial charge in [0.05, 0.1) is 6.04 Å². The molecule has 0 amide bonds. The molecule has 0 aromatic carbocycles. The summed E-state index contributed by atoms with van der Waals surface area (Å²) in [6.45, 7) is 0. The van der Waals surface area contributed by atoms with E-state index in [2.05, 4.69) is 15.0 Å². The Hall–Kier alpha value is -3.60. The average molecular weight is 354 g/mol. The van der Waals surface area contributed by atoms with Crippen LogP contribution in [0.1, 0.15) is 28.7 Å². The molecule has 4 aromatic heterocycles. The van der Waals surface area contributed by atoms with Crippen LogP contribution in [0.2, 0.25) is 0 Å². The summed E-state index contributed by atoms with van der Waals surface area (Å²) in [5.74, 6) is -0.142. The van der Waals surface area contributed by atoms with Gasteiger partial charge in [-0.25, -0.2) is 0 Å². The largest absolute Gasteiger partial charge is 0.307 e. The predicted molar refractivity (Wildman–Crippen MR) is 103 cm³/mol. The van der Waals surface area contributed by atoms with Crippen molar-refractivity contribution in [1.82, 2.24) is 19.5 Å². The SMILES string of the molecule is O=c1ccccn1C(c1cccnc1)C(c1cccnc1)c1cccnc1. The summed E-state index contributed by atoms with van der Waals surface area (Å²) in [6, 6.07) is 16.7. The van der Waals surface area contributed by atoms with E-state index >= 15 is 0 Å².